The van der Waals surface area contributed by atoms with Crippen LogP contribution in [0.1, 0.15) is 37.0 Å². The number of hydrogen-bond donors (Lipinski definition) is 1. The van der Waals surface area contributed by atoms with Crippen molar-refractivity contribution < 1.29 is 5.11 Å². The number of benzene rings is 1. The van der Waals surface area contributed by atoms with Gasteiger partial charge in [0.05, 0.1) is 6.10 Å². The monoisotopic (exact) mass is 219 g/mol. The summed E-state index contributed by atoms with van der Waals surface area (Å²) in [5.41, 5.74) is 2.25. The molecule has 1 aromatic carbocycles. The third kappa shape index (κ3) is 2.45. The Bertz CT molecular complexity index is 350. The molecule has 0 aliphatic carbocycles. The number of aryl methyl sites for hydroxylation is 1. The van der Waals surface area contributed by atoms with Gasteiger partial charge >= 0.3 is 0 Å². The number of nitrogens with zero attached hydrogens (tertiary/aromatic N) is 1. The fourth-order valence-electron chi connectivity index (χ4n) is 2.55. The summed E-state index contributed by atoms with van der Waals surface area (Å²) in [7, 11) is 0. The maximum atomic E-state index is 10.2. The van der Waals surface area contributed by atoms with Crippen LogP contribution in [0.2, 0.25) is 0 Å². The molecule has 1 N–H and O–H groups in total. The summed E-state index contributed by atoms with van der Waals surface area (Å²) < 4.78 is 0. The van der Waals surface area contributed by atoms with E-state index in [0.29, 0.717) is 6.04 Å². The first-order valence-corrected chi connectivity index (χ1v) is 6.16. The summed E-state index contributed by atoms with van der Waals surface area (Å²) in [5.74, 6) is 0. The van der Waals surface area contributed by atoms with Gasteiger partial charge in [-0.3, -0.25) is 4.90 Å². The van der Waals surface area contributed by atoms with Crippen LogP contribution in [-0.4, -0.2) is 29.1 Å². The van der Waals surface area contributed by atoms with Crippen LogP contribution in [-0.2, 0) is 0 Å². The Hall–Kier alpha value is -0.860. The largest absolute Gasteiger partial charge is 0.387 e. The van der Waals surface area contributed by atoms with Gasteiger partial charge in [0, 0.05) is 12.6 Å². The normalized spacial score (nSPS) is 23.6. The minimum absolute atomic E-state index is 0.346. The van der Waals surface area contributed by atoms with E-state index >= 15 is 0 Å². The van der Waals surface area contributed by atoms with E-state index in [1.165, 1.54) is 18.4 Å². The lowest BCUT2D eigenvalue weighted by atomic mass is 10.0. The van der Waals surface area contributed by atoms with Crippen molar-refractivity contribution in [1.82, 2.24) is 4.90 Å². The van der Waals surface area contributed by atoms with Gasteiger partial charge in [-0.1, -0.05) is 24.3 Å². The van der Waals surface area contributed by atoms with Crippen molar-refractivity contribution in [3.05, 3.63) is 35.4 Å². The zero-order valence-electron chi connectivity index (χ0n) is 10.2. The molecule has 1 aliphatic heterocycles. The van der Waals surface area contributed by atoms with Crippen LogP contribution in [0.3, 0.4) is 0 Å². The summed E-state index contributed by atoms with van der Waals surface area (Å²) in [5, 5.41) is 10.2. The molecular weight excluding hydrogens is 198 g/mol. The Morgan fingerprint density at radius 1 is 1.44 bits per heavy atom. The lowest BCUT2D eigenvalue weighted by Crippen LogP contribution is -2.31. The molecule has 2 unspecified atom stereocenters. The summed E-state index contributed by atoms with van der Waals surface area (Å²) in [6.45, 7) is 6.21. The van der Waals surface area contributed by atoms with Crippen molar-refractivity contribution in [2.45, 2.75) is 38.8 Å². The minimum atomic E-state index is -0.346. The van der Waals surface area contributed by atoms with Gasteiger partial charge in [-0.2, -0.15) is 0 Å². The van der Waals surface area contributed by atoms with Crippen molar-refractivity contribution in [1.29, 1.82) is 0 Å². The van der Waals surface area contributed by atoms with E-state index in [1.807, 2.05) is 18.2 Å². The van der Waals surface area contributed by atoms with E-state index in [-0.39, 0.29) is 6.10 Å². The molecule has 1 fully saturated rings. The van der Waals surface area contributed by atoms with Gasteiger partial charge < -0.3 is 5.11 Å². The van der Waals surface area contributed by atoms with Crippen molar-refractivity contribution in [3.8, 4) is 0 Å². The van der Waals surface area contributed by atoms with Crippen LogP contribution in [0.15, 0.2) is 24.3 Å². The molecule has 1 aromatic rings. The molecule has 0 spiro atoms. The first-order valence-electron chi connectivity index (χ1n) is 6.16. The second kappa shape index (κ2) is 4.98. The SMILES string of the molecule is Cc1ccccc1C(O)CN1CCCC1C. The maximum Gasteiger partial charge on any atom is 0.0919 e. The molecule has 2 nitrogen and oxygen atoms in total. The fraction of sp³-hybridized carbons (Fsp3) is 0.571. The van der Waals surface area contributed by atoms with Crippen LogP contribution >= 0.6 is 0 Å². The number of rotatable bonds is 3. The fourth-order valence-corrected chi connectivity index (χ4v) is 2.55. The summed E-state index contributed by atoms with van der Waals surface area (Å²) in [4.78, 5) is 2.39. The molecule has 0 amide bonds. The van der Waals surface area contributed by atoms with Gasteiger partial charge in [-0.15, -0.1) is 0 Å². The highest BCUT2D eigenvalue weighted by atomic mass is 16.3. The lowest BCUT2D eigenvalue weighted by Gasteiger charge is -2.25. The van der Waals surface area contributed by atoms with Crippen molar-refractivity contribution in [3.63, 3.8) is 0 Å². The molecule has 0 radical (unpaired) electrons. The van der Waals surface area contributed by atoms with Gasteiger partial charge in [0.25, 0.3) is 0 Å². The molecule has 88 valence electrons. The molecule has 0 bridgehead atoms. The Labute approximate surface area is 97.9 Å². The first-order chi connectivity index (χ1) is 7.68. The minimum Gasteiger partial charge on any atom is -0.387 e. The van der Waals surface area contributed by atoms with Gasteiger partial charge in [-0.05, 0) is 44.4 Å². The van der Waals surface area contributed by atoms with Crippen LogP contribution in [0.25, 0.3) is 0 Å². The zero-order valence-corrected chi connectivity index (χ0v) is 10.2. The molecule has 1 saturated heterocycles. The Kier molecular flexibility index (Phi) is 3.62. The van der Waals surface area contributed by atoms with Gasteiger partial charge in [-0.25, -0.2) is 0 Å². The molecule has 2 rings (SSSR count). The number of hydrogen-bond acceptors (Lipinski definition) is 2. The van der Waals surface area contributed by atoms with Crippen molar-refractivity contribution >= 4 is 0 Å². The standard InChI is InChI=1S/C14H21NO/c1-11-6-3-4-8-13(11)14(16)10-15-9-5-7-12(15)2/h3-4,6,8,12,14,16H,5,7,9-10H2,1-2H3. The topological polar surface area (TPSA) is 23.5 Å². The molecule has 16 heavy (non-hydrogen) atoms. The van der Waals surface area contributed by atoms with E-state index < -0.39 is 0 Å². The third-order valence-corrected chi connectivity index (χ3v) is 3.65. The highest BCUT2D eigenvalue weighted by Crippen LogP contribution is 2.23. The van der Waals surface area contributed by atoms with Gasteiger partial charge in [0.2, 0.25) is 0 Å². The molecule has 2 atom stereocenters. The Morgan fingerprint density at radius 2 is 2.19 bits per heavy atom. The van der Waals surface area contributed by atoms with E-state index in [0.717, 1.165) is 18.7 Å². The van der Waals surface area contributed by atoms with Crippen LogP contribution in [0, 0.1) is 6.92 Å². The average Bonchev–Trinajstić information content (AvgIpc) is 2.65. The summed E-state index contributed by atoms with van der Waals surface area (Å²) >= 11 is 0. The van der Waals surface area contributed by atoms with E-state index in [9.17, 15) is 5.11 Å². The number of likely N-dealkylation sites (tertiary alicyclic amines) is 1. The van der Waals surface area contributed by atoms with Crippen LogP contribution < -0.4 is 0 Å². The first kappa shape index (κ1) is 11.6. The molecule has 2 heteroatoms. The zero-order chi connectivity index (χ0) is 11.5. The molecule has 1 heterocycles. The predicted molar refractivity (Wildman–Crippen MR) is 66.4 cm³/mol. The van der Waals surface area contributed by atoms with Crippen molar-refractivity contribution in [2.24, 2.45) is 0 Å². The van der Waals surface area contributed by atoms with E-state index in [2.05, 4.69) is 24.8 Å². The number of β-amino-alcohol motifs (C(OH)–C–C–N with tert-alkyl or cyclic N) is 1. The highest BCUT2D eigenvalue weighted by Gasteiger charge is 2.23. The Balaban J connectivity index is 2.03. The smallest absolute Gasteiger partial charge is 0.0919 e. The Morgan fingerprint density at radius 3 is 2.81 bits per heavy atom. The number of aliphatic hydroxyl groups is 1. The maximum absolute atomic E-state index is 10.2. The van der Waals surface area contributed by atoms with E-state index in [1.54, 1.807) is 0 Å². The van der Waals surface area contributed by atoms with Gasteiger partial charge in [0.1, 0.15) is 0 Å². The third-order valence-electron chi connectivity index (χ3n) is 3.65. The molecule has 0 aromatic heterocycles. The van der Waals surface area contributed by atoms with Gasteiger partial charge in [0.15, 0.2) is 0 Å². The molecule has 0 saturated carbocycles. The lowest BCUT2D eigenvalue weighted by molar-refractivity contribution is 0.109. The summed E-state index contributed by atoms with van der Waals surface area (Å²) in [6, 6.07) is 8.73. The second-order valence-electron chi connectivity index (χ2n) is 4.86. The van der Waals surface area contributed by atoms with Crippen LogP contribution in [0.5, 0.6) is 0 Å². The molecule has 1 aliphatic rings. The summed E-state index contributed by atoms with van der Waals surface area (Å²) in [6.07, 6.45) is 2.18. The predicted octanol–water partition coefficient (Wildman–Crippen LogP) is 2.51. The van der Waals surface area contributed by atoms with E-state index in [4.69, 9.17) is 0 Å². The quantitative estimate of drug-likeness (QED) is 0.844. The molecular formula is C14H21NO. The second-order valence-corrected chi connectivity index (χ2v) is 4.86. The van der Waals surface area contributed by atoms with Crippen LogP contribution in [0.4, 0.5) is 0 Å². The highest BCUT2D eigenvalue weighted by molar-refractivity contribution is 5.27. The number of aliphatic hydroxyl groups excluding tert-OH is 1. The van der Waals surface area contributed by atoms with Crippen molar-refractivity contribution in [2.75, 3.05) is 13.1 Å². The average molecular weight is 219 g/mol.